The molecule has 3 heterocycles. The number of fused-ring (bicyclic) bond motifs is 2. The molecule has 0 amide bonds. The van der Waals surface area contributed by atoms with Crippen molar-refractivity contribution in [2.45, 2.75) is 101 Å². The minimum atomic E-state index is -2.34. The SMILES string of the molecule is CC/C(C)=C/C(=O)O[C@H]1C(=O)O[C@@H]2C[C@H]3[C@H](C)C(=O)C(O[C@@H]4O[C@H](CO)[C@@H](O)[C@H](O)[C@H]4O)=C[C@]3(C)C3[C@@H](O)[C@H](O)[C@@]4(C(=O)OC)OC[C@]32[C@@H]14. The molecule has 3 saturated heterocycles. The zero-order valence-electron chi connectivity index (χ0n) is 27.8. The lowest BCUT2D eigenvalue weighted by molar-refractivity contribution is -0.296. The van der Waals surface area contributed by atoms with Crippen LogP contribution in [-0.4, -0.2) is 135 Å². The van der Waals surface area contributed by atoms with Gasteiger partial charge in [-0.15, -0.1) is 0 Å². The largest absolute Gasteiger partial charge is 0.467 e. The van der Waals surface area contributed by atoms with E-state index in [0.29, 0.717) is 12.0 Å². The maximum absolute atomic E-state index is 13.8. The third-order valence-corrected chi connectivity index (χ3v) is 12.1. The van der Waals surface area contributed by atoms with Crippen LogP contribution < -0.4 is 0 Å². The second-order valence-corrected chi connectivity index (χ2v) is 14.4. The van der Waals surface area contributed by atoms with E-state index in [4.69, 9.17) is 28.4 Å². The van der Waals surface area contributed by atoms with Crippen molar-refractivity contribution in [3.63, 3.8) is 0 Å². The lowest BCUT2D eigenvalue weighted by Gasteiger charge is -2.67. The van der Waals surface area contributed by atoms with Crippen LogP contribution in [0.5, 0.6) is 0 Å². The number of carbonyl (C=O) groups is 4. The van der Waals surface area contributed by atoms with Crippen molar-refractivity contribution in [1.29, 1.82) is 0 Å². The highest BCUT2D eigenvalue weighted by molar-refractivity contribution is 5.97. The van der Waals surface area contributed by atoms with Crippen molar-refractivity contribution in [1.82, 2.24) is 0 Å². The number of allylic oxidation sites excluding steroid dienone is 3. The van der Waals surface area contributed by atoms with Gasteiger partial charge in [0.2, 0.25) is 18.0 Å². The summed E-state index contributed by atoms with van der Waals surface area (Å²) < 4.78 is 34.2. The average molecular weight is 697 g/mol. The second kappa shape index (κ2) is 12.4. The van der Waals surface area contributed by atoms with E-state index in [1.807, 2.05) is 6.92 Å². The molecule has 1 spiro atoms. The summed E-state index contributed by atoms with van der Waals surface area (Å²) in [6.45, 7) is 5.78. The van der Waals surface area contributed by atoms with E-state index >= 15 is 0 Å². The summed E-state index contributed by atoms with van der Waals surface area (Å²) in [5, 5.41) is 64.7. The molecule has 16 atom stereocenters. The Morgan fingerprint density at radius 1 is 1.06 bits per heavy atom. The van der Waals surface area contributed by atoms with Crippen LogP contribution in [0.4, 0.5) is 0 Å². The number of rotatable bonds is 7. The van der Waals surface area contributed by atoms with Gasteiger partial charge < -0.3 is 59.1 Å². The van der Waals surface area contributed by atoms with Crippen molar-refractivity contribution < 1.29 is 78.2 Å². The van der Waals surface area contributed by atoms with Crippen LogP contribution >= 0.6 is 0 Å². The first-order valence-corrected chi connectivity index (χ1v) is 16.5. The van der Waals surface area contributed by atoms with Gasteiger partial charge in [-0.3, -0.25) is 4.79 Å². The van der Waals surface area contributed by atoms with Gasteiger partial charge in [-0.05, 0) is 37.2 Å². The molecule has 6 aliphatic rings. The number of hydrogen-bond acceptors (Lipinski definition) is 16. The van der Waals surface area contributed by atoms with Gasteiger partial charge in [-0.25, -0.2) is 14.4 Å². The molecule has 3 aliphatic heterocycles. The molecule has 49 heavy (non-hydrogen) atoms. The molecule has 5 fully saturated rings. The quantitative estimate of drug-likeness (QED) is 0.0960. The van der Waals surface area contributed by atoms with Crippen LogP contribution in [0.1, 0.15) is 40.5 Å². The monoisotopic (exact) mass is 696 g/mol. The van der Waals surface area contributed by atoms with Crippen LogP contribution in [0.2, 0.25) is 0 Å². The first kappa shape index (κ1) is 35.9. The van der Waals surface area contributed by atoms with Gasteiger partial charge >= 0.3 is 17.9 Å². The van der Waals surface area contributed by atoms with Crippen molar-refractivity contribution in [3.8, 4) is 0 Å². The van der Waals surface area contributed by atoms with Gasteiger partial charge in [0, 0.05) is 23.3 Å². The van der Waals surface area contributed by atoms with Crippen LogP contribution in [0, 0.1) is 34.5 Å². The first-order valence-electron chi connectivity index (χ1n) is 16.5. The minimum absolute atomic E-state index is 0.0465. The molecule has 1 unspecified atom stereocenters. The van der Waals surface area contributed by atoms with Crippen LogP contribution in [-0.2, 0) is 47.6 Å². The normalized spacial score (nSPS) is 48.8. The smallest absolute Gasteiger partial charge is 0.348 e. The number of ether oxygens (including phenoxy) is 6. The highest BCUT2D eigenvalue weighted by Crippen LogP contribution is 2.72. The number of esters is 3. The van der Waals surface area contributed by atoms with Crippen LogP contribution in [0.3, 0.4) is 0 Å². The Kier molecular flexibility index (Phi) is 9.05. The van der Waals surface area contributed by atoms with Gasteiger partial charge in [0.05, 0.1) is 32.3 Å². The lowest BCUT2D eigenvalue weighted by Crippen LogP contribution is -2.79. The van der Waals surface area contributed by atoms with Crippen molar-refractivity contribution >= 4 is 23.7 Å². The summed E-state index contributed by atoms with van der Waals surface area (Å²) in [7, 11) is 1.06. The number of methoxy groups -OCH3 is 1. The molecule has 6 N–H and O–H groups in total. The molecule has 16 heteroatoms. The Balaban J connectivity index is 1.48. The maximum atomic E-state index is 13.8. The summed E-state index contributed by atoms with van der Waals surface area (Å²) in [5.41, 5.74) is -4.44. The Morgan fingerprint density at radius 3 is 2.39 bits per heavy atom. The van der Waals surface area contributed by atoms with E-state index in [0.717, 1.165) is 7.11 Å². The number of carbonyl (C=O) groups excluding carboxylic acids is 4. The number of aliphatic hydroxyl groups is 6. The summed E-state index contributed by atoms with van der Waals surface area (Å²) in [5.74, 6) is -7.83. The molecule has 2 saturated carbocycles. The number of ketones is 1. The fraction of sp³-hybridized carbons (Fsp3) is 0.758. The Hall–Kier alpha value is -2.96. The summed E-state index contributed by atoms with van der Waals surface area (Å²) >= 11 is 0. The second-order valence-electron chi connectivity index (χ2n) is 14.4. The van der Waals surface area contributed by atoms with Crippen LogP contribution in [0.15, 0.2) is 23.5 Å². The van der Waals surface area contributed by atoms with E-state index in [9.17, 15) is 49.8 Å². The minimum Gasteiger partial charge on any atom is -0.467 e. The third-order valence-electron chi connectivity index (χ3n) is 12.1. The van der Waals surface area contributed by atoms with Crippen LogP contribution in [0.25, 0.3) is 0 Å². The fourth-order valence-corrected chi connectivity index (χ4v) is 9.64. The molecule has 0 aromatic rings. The third kappa shape index (κ3) is 4.86. The predicted octanol–water partition coefficient (Wildman–Crippen LogP) is -1.98. The van der Waals surface area contributed by atoms with Gasteiger partial charge in [-0.1, -0.05) is 26.3 Å². The number of Topliss-reactive ketones (excluding diaryl/α,β-unsaturated/α-hetero) is 1. The van der Waals surface area contributed by atoms with E-state index in [1.54, 1.807) is 20.8 Å². The standard InChI is InChI=1S/C33H44O16/c1-6-12(2)7-18(35)49-24-26-32-11-45-33(26,30(43)44-5)27(41)23(40)25(32)31(4)9-15(19(36)13(3)14(31)8-17(32)48-28(24)42)46-29-22(39)21(38)20(37)16(10-34)47-29/h7,9,13-14,16-17,20-27,29,34,37-41H,6,8,10-11H2,1-5H3/b12-7+/t13-,14-,16+,17+,20+,21-,22+,23+,24+,25?,26+,27-,29+,31-,32+,33-/m0/s1. The molecule has 2 bridgehead atoms. The Labute approximate surface area is 281 Å². The molecule has 0 radical (unpaired) electrons. The Morgan fingerprint density at radius 2 is 1.76 bits per heavy atom. The molecular weight excluding hydrogens is 652 g/mol. The summed E-state index contributed by atoms with van der Waals surface area (Å²) in [4.78, 5) is 54.2. The Bertz CT molecular complexity index is 1460. The molecule has 16 nitrogen and oxygen atoms in total. The van der Waals surface area contributed by atoms with E-state index in [-0.39, 0.29) is 18.8 Å². The molecular formula is C33H44O16. The zero-order chi connectivity index (χ0) is 36.0. The van der Waals surface area contributed by atoms with Gasteiger partial charge in [-0.2, -0.15) is 0 Å². The lowest BCUT2D eigenvalue weighted by atomic mass is 9.38. The highest BCUT2D eigenvalue weighted by Gasteiger charge is 2.85. The number of aliphatic hydroxyl groups excluding tert-OH is 6. The van der Waals surface area contributed by atoms with Gasteiger partial charge in [0.25, 0.3) is 0 Å². The highest BCUT2D eigenvalue weighted by atomic mass is 16.7. The summed E-state index contributed by atoms with van der Waals surface area (Å²) in [6.07, 6.45) is -11.6. The van der Waals surface area contributed by atoms with E-state index < -0.39 is 126 Å². The molecule has 0 aromatic heterocycles. The van der Waals surface area contributed by atoms with Crippen molar-refractivity contribution in [2.24, 2.45) is 34.5 Å². The van der Waals surface area contributed by atoms with Crippen molar-refractivity contribution in [2.75, 3.05) is 20.3 Å². The van der Waals surface area contributed by atoms with E-state index in [1.165, 1.54) is 12.2 Å². The fourth-order valence-electron chi connectivity index (χ4n) is 9.64. The molecule has 6 rings (SSSR count). The number of hydrogen-bond donors (Lipinski definition) is 6. The first-order chi connectivity index (χ1) is 23.0. The molecule has 0 aromatic carbocycles. The summed E-state index contributed by atoms with van der Waals surface area (Å²) in [6, 6.07) is 0. The topological polar surface area (TPSA) is 245 Å². The predicted molar refractivity (Wildman–Crippen MR) is 159 cm³/mol. The average Bonchev–Trinajstić information content (AvgIpc) is 3.38. The molecule has 3 aliphatic carbocycles. The van der Waals surface area contributed by atoms with Gasteiger partial charge in [0.15, 0.2) is 11.5 Å². The molecule has 272 valence electrons. The van der Waals surface area contributed by atoms with Crippen molar-refractivity contribution in [3.05, 3.63) is 23.5 Å². The zero-order valence-corrected chi connectivity index (χ0v) is 27.8. The van der Waals surface area contributed by atoms with Gasteiger partial charge in [0.1, 0.15) is 36.6 Å². The van der Waals surface area contributed by atoms with E-state index in [2.05, 4.69) is 0 Å². The maximum Gasteiger partial charge on any atom is 0.348 e.